The van der Waals surface area contributed by atoms with Gasteiger partial charge in [0.15, 0.2) is 0 Å². The Bertz CT molecular complexity index is 2610. The Morgan fingerprint density at radius 2 is 1.23 bits per heavy atom. The van der Waals surface area contributed by atoms with Gasteiger partial charge in [0.05, 0.1) is 11.1 Å². The van der Waals surface area contributed by atoms with Crippen LogP contribution in [-0.2, 0) is 5.41 Å². The Hall–Kier alpha value is -6.91. The summed E-state index contributed by atoms with van der Waals surface area (Å²) in [7, 11) is 0. The van der Waals surface area contributed by atoms with Crippen molar-refractivity contribution in [1.29, 1.82) is 0 Å². The van der Waals surface area contributed by atoms with E-state index in [0.717, 1.165) is 96.7 Å². The molecule has 0 saturated carbocycles. The van der Waals surface area contributed by atoms with Crippen LogP contribution in [0.25, 0.3) is 22.4 Å². The second kappa shape index (κ2) is 12.4. The van der Waals surface area contributed by atoms with Crippen molar-refractivity contribution in [1.82, 2.24) is 4.98 Å². The van der Waals surface area contributed by atoms with Gasteiger partial charge < -0.3 is 14.4 Å². The smallest absolute Gasteiger partial charge is 0.132 e. The molecule has 3 aliphatic rings. The highest BCUT2D eigenvalue weighted by molar-refractivity contribution is 6.07. The van der Waals surface area contributed by atoms with E-state index >= 15 is 0 Å². The first-order valence-corrected chi connectivity index (χ1v) is 17.9. The summed E-state index contributed by atoms with van der Waals surface area (Å²) >= 11 is 0. The Balaban J connectivity index is 1.19. The molecule has 0 radical (unpaired) electrons. The van der Waals surface area contributed by atoms with E-state index in [0.29, 0.717) is 0 Å². The van der Waals surface area contributed by atoms with E-state index in [1.54, 1.807) is 0 Å². The molecule has 0 N–H and O–H groups in total. The van der Waals surface area contributed by atoms with E-state index in [-0.39, 0.29) is 0 Å². The summed E-state index contributed by atoms with van der Waals surface area (Å²) in [5, 5.41) is 0. The summed E-state index contributed by atoms with van der Waals surface area (Å²) in [6.07, 6.45) is 8.39. The number of pyridine rings is 1. The number of hydrogen-bond acceptors (Lipinski definition) is 4. The van der Waals surface area contributed by atoms with E-state index in [2.05, 4.69) is 156 Å². The van der Waals surface area contributed by atoms with Crippen molar-refractivity contribution in [3.63, 3.8) is 0 Å². The van der Waals surface area contributed by atoms with Crippen LogP contribution in [0.15, 0.2) is 189 Å². The van der Waals surface area contributed by atoms with Crippen LogP contribution in [0.4, 0.5) is 11.4 Å². The first-order valence-electron chi connectivity index (χ1n) is 17.9. The van der Waals surface area contributed by atoms with Gasteiger partial charge >= 0.3 is 0 Å². The number of hydrogen-bond donors (Lipinski definition) is 0. The van der Waals surface area contributed by atoms with Gasteiger partial charge in [-0.2, -0.15) is 0 Å². The summed E-state index contributed by atoms with van der Waals surface area (Å²) in [4.78, 5) is 6.99. The first kappa shape index (κ1) is 30.9. The zero-order valence-corrected chi connectivity index (χ0v) is 28.9. The van der Waals surface area contributed by atoms with Gasteiger partial charge in [0.25, 0.3) is 0 Å². The van der Waals surface area contributed by atoms with Crippen LogP contribution in [0.5, 0.6) is 23.0 Å². The highest BCUT2D eigenvalue weighted by atomic mass is 16.5. The molecule has 0 fully saturated rings. The maximum Gasteiger partial charge on any atom is 0.132 e. The predicted octanol–water partition coefficient (Wildman–Crippen LogP) is 12.1. The Labute approximate surface area is 309 Å². The summed E-state index contributed by atoms with van der Waals surface area (Å²) in [6, 6.07) is 55.0. The van der Waals surface area contributed by atoms with Crippen LogP contribution in [-0.4, -0.2) is 11.5 Å². The molecule has 0 saturated heterocycles. The predicted molar refractivity (Wildman–Crippen MR) is 214 cm³/mol. The lowest BCUT2D eigenvalue weighted by molar-refractivity contribution is 0.399. The number of para-hydroxylation sites is 4. The number of benzene rings is 6. The van der Waals surface area contributed by atoms with Gasteiger partial charge in [0.2, 0.25) is 0 Å². The van der Waals surface area contributed by atoms with E-state index in [1.807, 2.05) is 36.5 Å². The normalized spacial score (nSPS) is 18.2. The first-order chi connectivity index (χ1) is 26.2. The molecule has 6 aromatic carbocycles. The van der Waals surface area contributed by atoms with Crippen LogP contribution in [0.1, 0.15) is 33.4 Å². The molecule has 7 aromatic rings. The summed E-state index contributed by atoms with van der Waals surface area (Å²) < 4.78 is 13.6. The van der Waals surface area contributed by atoms with Crippen molar-refractivity contribution in [2.45, 2.75) is 5.41 Å². The molecule has 0 bridgehead atoms. The van der Waals surface area contributed by atoms with Crippen molar-refractivity contribution in [3.05, 3.63) is 222 Å². The van der Waals surface area contributed by atoms with Crippen LogP contribution in [0.2, 0.25) is 0 Å². The van der Waals surface area contributed by atoms with Gasteiger partial charge in [-0.15, -0.1) is 0 Å². The van der Waals surface area contributed by atoms with Crippen LogP contribution in [0, 0.1) is 0 Å². The monoisotopic (exact) mass is 682 g/mol. The lowest BCUT2D eigenvalue weighted by Crippen LogP contribution is -2.37. The Morgan fingerprint density at radius 1 is 0.566 bits per heavy atom. The zero-order valence-electron chi connectivity index (χ0n) is 28.9. The molecule has 1 atom stereocenters. The Morgan fingerprint density at radius 3 is 2.02 bits per heavy atom. The minimum atomic E-state index is -0.731. The van der Waals surface area contributed by atoms with Crippen LogP contribution < -0.4 is 14.4 Å². The third-order valence-electron chi connectivity index (χ3n) is 10.7. The summed E-state index contributed by atoms with van der Waals surface area (Å²) in [5.74, 6) is 3.25. The quantitative estimate of drug-likeness (QED) is 0.186. The SMILES string of the molecule is C=C1/C(c2ccc3c(c2)C2(c4ccccc4Oc4cc(-c5ccccn5)ccc42)c2ccccc2O3)=C\C=C/CN(c2ccccc2)c2ccccc21. The molecule has 53 heavy (non-hydrogen) atoms. The van der Waals surface area contributed by atoms with Gasteiger partial charge in [-0.3, -0.25) is 4.98 Å². The fourth-order valence-electron chi connectivity index (χ4n) is 8.29. The summed E-state index contributed by atoms with van der Waals surface area (Å²) in [6.45, 7) is 5.49. The second-order valence-corrected chi connectivity index (χ2v) is 13.5. The molecule has 4 nitrogen and oxygen atoms in total. The molecule has 0 amide bonds. The van der Waals surface area contributed by atoms with Crippen LogP contribution >= 0.6 is 0 Å². The van der Waals surface area contributed by atoms with Crippen molar-refractivity contribution < 1.29 is 9.47 Å². The minimum Gasteiger partial charge on any atom is -0.457 e. The number of nitrogens with zero attached hydrogens (tertiary/aromatic N) is 2. The topological polar surface area (TPSA) is 34.6 Å². The van der Waals surface area contributed by atoms with Crippen molar-refractivity contribution in [3.8, 4) is 34.3 Å². The molecule has 1 aromatic heterocycles. The molecule has 4 heterocycles. The lowest BCUT2D eigenvalue weighted by atomic mass is 9.62. The molecule has 3 aliphatic heterocycles. The average molecular weight is 683 g/mol. The third kappa shape index (κ3) is 4.87. The van der Waals surface area contributed by atoms with Gasteiger partial charge in [-0.25, -0.2) is 0 Å². The molecular formula is C49H34N2O2. The Kier molecular flexibility index (Phi) is 7.22. The number of allylic oxidation sites excluding steroid dienone is 4. The lowest BCUT2D eigenvalue weighted by Gasteiger charge is -2.45. The van der Waals surface area contributed by atoms with E-state index in [9.17, 15) is 0 Å². The van der Waals surface area contributed by atoms with Gasteiger partial charge in [0.1, 0.15) is 23.0 Å². The fourth-order valence-corrected chi connectivity index (χ4v) is 8.29. The van der Waals surface area contributed by atoms with Gasteiger partial charge in [0, 0.05) is 57.5 Å². The summed E-state index contributed by atoms with van der Waals surface area (Å²) in [5.41, 5.74) is 11.8. The number of fused-ring (bicyclic) bond motifs is 9. The second-order valence-electron chi connectivity index (χ2n) is 13.5. The number of ether oxygens (including phenoxy) is 2. The molecule has 1 spiro atoms. The number of aromatic nitrogens is 1. The minimum absolute atomic E-state index is 0.726. The van der Waals surface area contributed by atoms with Crippen molar-refractivity contribution in [2.24, 2.45) is 0 Å². The molecule has 0 aliphatic carbocycles. The van der Waals surface area contributed by atoms with Gasteiger partial charge in [-0.05, 0) is 77.4 Å². The number of anilines is 2. The van der Waals surface area contributed by atoms with Crippen LogP contribution in [0.3, 0.4) is 0 Å². The van der Waals surface area contributed by atoms with E-state index < -0.39 is 5.41 Å². The molecule has 252 valence electrons. The van der Waals surface area contributed by atoms with E-state index in [1.165, 1.54) is 0 Å². The third-order valence-corrected chi connectivity index (χ3v) is 10.7. The highest BCUT2D eigenvalue weighted by Crippen LogP contribution is 2.62. The van der Waals surface area contributed by atoms with Crippen molar-refractivity contribution >= 4 is 22.5 Å². The zero-order chi connectivity index (χ0) is 35.4. The fraction of sp³-hybridized carbons (Fsp3) is 0.0408. The number of rotatable bonds is 3. The highest BCUT2D eigenvalue weighted by Gasteiger charge is 2.50. The maximum absolute atomic E-state index is 6.78. The molecule has 10 rings (SSSR count). The van der Waals surface area contributed by atoms with Gasteiger partial charge in [-0.1, -0.05) is 122 Å². The van der Waals surface area contributed by atoms with E-state index in [4.69, 9.17) is 16.1 Å². The average Bonchev–Trinajstić information content (AvgIpc) is 3.29. The maximum atomic E-state index is 6.78. The standard InChI is InChI=1S/C49H34N2O2/c1-33-37(17-12-14-30-51(36-15-3-2-4-16-36)44-22-8-5-18-38(33)44)34-26-28-47-42(31-34)49(39-19-6-9-23-45(39)52-47)40-20-7-10-24-46(40)53-48-32-35(25-27-41(48)49)43-21-11-13-29-50-43/h2-29,31-32H,1,30H2/b14-12-,37-17+. The molecular weight excluding hydrogens is 649 g/mol. The molecule has 1 unspecified atom stereocenters. The van der Waals surface area contributed by atoms with Crippen molar-refractivity contribution in [2.75, 3.05) is 11.4 Å². The molecule has 4 heteroatoms. The largest absolute Gasteiger partial charge is 0.457 e.